The second-order valence-electron chi connectivity index (χ2n) is 8.05. The molecule has 1 N–H and O–H groups in total. The molecular weight excluding hydrogens is 384 g/mol. The number of fused-ring (bicyclic) bond motifs is 1. The molecule has 2 saturated heterocycles. The molecule has 2 aliphatic rings. The molecule has 5 nitrogen and oxygen atoms in total. The van der Waals surface area contributed by atoms with Gasteiger partial charge in [-0.1, -0.05) is 23.7 Å². The lowest BCUT2D eigenvalue weighted by atomic mass is 10.1. The lowest BCUT2D eigenvalue weighted by Crippen LogP contribution is -2.40. The zero-order chi connectivity index (χ0) is 19.8. The van der Waals surface area contributed by atoms with Gasteiger partial charge in [-0.15, -0.1) is 0 Å². The van der Waals surface area contributed by atoms with Gasteiger partial charge in [0.05, 0.1) is 11.1 Å². The minimum atomic E-state index is 0.190. The number of rotatable bonds is 4. The van der Waals surface area contributed by atoms with E-state index in [0.717, 1.165) is 29.8 Å². The molecule has 0 bridgehead atoms. The first-order valence-electron chi connectivity index (χ1n) is 10.4. The van der Waals surface area contributed by atoms with Crippen molar-refractivity contribution in [2.24, 2.45) is 0 Å². The van der Waals surface area contributed by atoms with Crippen molar-refractivity contribution in [1.29, 1.82) is 0 Å². The molecular formula is C23H25ClN4O. The van der Waals surface area contributed by atoms with Crippen LogP contribution in [0.25, 0.3) is 22.3 Å². The summed E-state index contributed by atoms with van der Waals surface area (Å²) in [4.78, 5) is 14.7. The standard InChI is InChI=1S/C23H25ClN4O/c24-16-9-10-18-20(14-16)25-22(19-7-1-2-8-21(19)29)26-23(18)28-13-5-6-17(28)15-27-11-3-4-12-27/h1-2,7-10,14,17,29H,3-6,11-13,15H2/t17-/m0/s1. The van der Waals surface area contributed by atoms with Crippen LogP contribution in [0.1, 0.15) is 25.7 Å². The number of aromatic hydroxyl groups is 1. The predicted molar refractivity (Wildman–Crippen MR) is 118 cm³/mol. The van der Waals surface area contributed by atoms with Crippen molar-refractivity contribution in [2.75, 3.05) is 31.1 Å². The Labute approximate surface area is 175 Å². The SMILES string of the molecule is Oc1ccccc1-c1nc(N2CCC[C@H]2CN2CCCC2)c2ccc(Cl)cc2n1. The minimum Gasteiger partial charge on any atom is -0.507 e. The topological polar surface area (TPSA) is 52.5 Å². The van der Waals surface area contributed by atoms with E-state index in [4.69, 9.17) is 21.6 Å². The number of aromatic nitrogens is 2. The zero-order valence-electron chi connectivity index (χ0n) is 16.4. The minimum absolute atomic E-state index is 0.190. The monoisotopic (exact) mass is 408 g/mol. The average Bonchev–Trinajstić information content (AvgIpc) is 3.40. The van der Waals surface area contributed by atoms with E-state index < -0.39 is 0 Å². The summed E-state index contributed by atoms with van der Waals surface area (Å²) < 4.78 is 0. The Morgan fingerprint density at radius 2 is 1.83 bits per heavy atom. The number of nitrogens with zero attached hydrogens (tertiary/aromatic N) is 4. The molecule has 6 heteroatoms. The summed E-state index contributed by atoms with van der Waals surface area (Å²) in [7, 11) is 0. The number of benzene rings is 2. The highest BCUT2D eigenvalue weighted by Gasteiger charge is 2.30. The Bertz CT molecular complexity index is 1030. The third-order valence-corrected chi connectivity index (χ3v) is 6.34. The first-order valence-corrected chi connectivity index (χ1v) is 10.8. The molecule has 3 heterocycles. The van der Waals surface area contributed by atoms with Gasteiger partial charge >= 0.3 is 0 Å². The molecule has 2 aromatic carbocycles. The van der Waals surface area contributed by atoms with Gasteiger partial charge < -0.3 is 14.9 Å². The maximum Gasteiger partial charge on any atom is 0.165 e. The van der Waals surface area contributed by atoms with E-state index in [9.17, 15) is 5.11 Å². The molecule has 0 amide bonds. The van der Waals surface area contributed by atoms with Gasteiger partial charge in [-0.25, -0.2) is 9.97 Å². The second kappa shape index (κ2) is 7.81. The van der Waals surface area contributed by atoms with E-state index in [0.29, 0.717) is 22.5 Å². The number of hydrogen-bond acceptors (Lipinski definition) is 5. The number of phenolic OH excluding ortho intramolecular Hbond substituents is 1. The molecule has 0 unspecified atom stereocenters. The Morgan fingerprint density at radius 3 is 2.66 bits per heavy atom. The van der Waals surface area contributed by atoms with Crippen molar-refractivity contribution in [3.05, 3.63) is 47.5 Å². The summed E-state index contributed by atoms with van der Waals surface area (Å²) in [6, 6.07) is 13.5. The number of para-hydroxylation sites is 1. The highest BCUT2D eigenvalue weighted by molar-refractivity contribution is 6.31. The maximum absolute atomic E-state index is 10.4. The summed E-state index contributed by atoms with van der Waals surface area (Å²) >= 11 is 6.27. The molecule has 150 valence electrons. The number of anilines is 1. The normalized spacial score (nSPS) is 20.0. The number of hydrogen-bond donors (Lipinski definition) is 1. The van der Waals surface area contributed by atoms with Crippen molar-refractivity contribution in [3.8, 4) is 17.1 Å². The lowest BCUT2D eigenvalue weighted by molar-refractivity contribution is 0.313. The van der Waals surface area contributed by atoms with Gasteiger partial charge in [0.25, 0.3) is 0 Å². The van der Waals surface area contributed by atoms with Crippen molar-refractivity contribution >= 4 is 28.3 Å². The van der Waals surface area contributed by atoms with Crippen LogP contribution in [0.15, 0.2) is 42.5 Å². The van der Waals surface area contributed by atoms with Gasteiger partial charge in [-0.05, 0) is 69.1 Å². The van der Waals surface area contributed by atoms with Gasteiger partial charge in [0, 0.05) is 29.5 Å². The van der Waals surface area contributed by atoms with Crippen LogP contribution in [0.3, 0.4) is 0 Å². The van der Waals surface area contributed by atoms with Gasteiger partial charge in [0.1, 0.15) is 11.6 Å². The molecule has 2 aliphatic heterocycles. The summed E-state index contributed by atoms with van der Waals surface area (Å²) in [6.45, 7) is 4.49. The average molecular weight is 409 g/mol. The highest BCUT2D eigenvalue weighted by atomic mass is 35.5. The number of halogens is 1. The molecule has 1 atom stereocenters. The third-order valence-electron chi connectivity index (χ3n) is 6.10. The van der Waals surface area contributed by atoms with Crippen LogP contribution in [-0.4, -0.2) is 52.2 Å². The maximum atomic E-state index is 10.4. The predicted octanol–water partition coefficient (Wildman–Crippen LogP) is 4.72. The zero-order valence-corrected chi connectivity index (χ0v) is 17.1. The molecule has 1 aromatic heterocycles. The van der Waals surface area contributed by atoms with Crippen LogP contribution in [0.5, 0.6) is 5.75 Å². The fourth-order valence-electron chi connectivity index (χ4n) is 4.66. The lowest BCUT2D eigenvalue weighted by Gasteiger charge is -2.30. The Hall–Kier alpha value is -2.37. The van der Waals surface area contributed by atoms with Gasteiger partial charge in [-0.3, -0.25) is 0 Å². The molecule has 2 fully saturated rings. The van der Waals surface area contributed by atoms with Gasteiger partial charge in [-0.2, -0.15) is 0 Å². The Morgan fingerprint density at radius 1 is 1.00 bits per heavy atom. The van der Waals surface area contributed by atoms with E-state index in [2.05, 4.69) is 9.80 Å². The first kappa shape index (κ1) is 18.6. The van der Waals surface area contributed by atoms with E-state index in [1.165, 1.54) is 38.8 Å². The van der Waals surface area contributed by atoms with Crippen molar-refractivity contribution < 1.29 is 5.11 Å². The number of phenols is 1. The fraction of sp³-hybridized carbons (Fsp3) is 0.391. The van der Waals surface area contributed by atoms with Crippen LogP contribution < -0.4 is 4.90 Å². The fourth-order valence-corrected chi connectivity index (χ4v) is 4.82. The molecule has 3 aromatic rings. The van der Waals surface area contributed by atoms with Crippen LogP contribution >= 0.6 is 11.6 Å². The largest absolute Gasteiger partial charge is 0.507 e. The van der Waals surface area contributed by atoms with Crippen molar-refractivity contribution in [2.45, 2.75) is 31.7 Å². The van der Waals surface area contributed by atoms with Crippen LogP contribution in [0.4, 0.5) is 5.82 Å². The van der Waals surface area contributed by atoms with Crippen LogP contribution in [0, 0.1) is 0 Å². The summed E-state index contributed by atoms with van der Waals surface area (Å²) in [5.74, 6) is 1.68. The van der Waals surface area contributed by atoms with Gasteiger partial charge in [0.2, 0.25) is 0 Å². The molecule has 0 aliphatic carbocycles. The molecule has 5 rings (SSSR count). The highest BCUT2D eigenvalue weighted by Crippen LogP contribution is 2.35. The first-order chi connectivity index (χ1) is 14.2. The number of likely N-dealkylation sites (tertiary alicyclic amines) is 1. The third kappa shape index (κ3) is 3.65. The summed E-state index contributed by atoms with van der Waals surface area (Å²) in [6.07, 6.45) is 4.96. The second-order valence-corrected chi connectivity index (χ2v) is 8.48. The molecule has 0 spiro atoms. The molecule has 29 heavy (non-hydrogen) atoms. The van der Waals surface area contributed by atoms with E-state index in [-0.39, 0.29) is 5.75 Å². The molecule has 0 saturated carbocycles. The summed E-state index contributed by atoms with van der Waals surface area (Å²) in [5.41, 5.74) is 1.46. The van der Waals surface area contributed by atoms with Gasteiger partial charge in [0.15, 0.2) is 5.82 Å². The Balaban J connectivity index is 1.60. The summed E-state index contributed by atoms with van der Waals surface area (Å²) in [5, 5.41) is 12.0. The van der Waals surface area contributed by atoms with E-state index in [1.54, 1.807) is 6.07 Å². The van der Waals surface area contributed by atoms with E-state index >= 15 is 0 Å². The van der Waals surface area contributed by atoms with Crippen LogP contribution in [0.2, 0.25) is 5.02 Å². The quantitative estimate of drug-likeness (QED) is 0.676. The van der Waals surface area contributed by atoms with Crippen molar-refractivity contribution in [3.63, 3.8) is 0 Å². The van der Waals surface area contributed by atoms with E-state index in [1.807, 2.05) is 36.4 Å². The van der Waals surface area contributed by atoms with Crippen molar-refractivity contribution in [1.82, 2.24) is 14.9 Å². The Kier molecular flexibility index (Phi) is 5.02. The van der Waals surface area contributed by atoms with Crippen LogP contribution in [-0.2, 0) is 0 Å². The molecule has 0 radical (unpaired) electrons. The smallest absolute Gasteiger partial charge is 0.165 e.